The van der Waals surface area contributed by atoms with E-state index in [0.717, 1.165) is 5.39 Å². The number of halogens is 1. The molecule has 3 N–H and O–H groups in total. The third kappa shape index (κ3) is 5.11. The third-order valence-electron chi connectivity index (χ3n) is 4.69. The summed E-state index contributed by atoms with van der Waals surface area (Å²) in [7, 11) is -3.95. The molecule has 0 fully saturated rings. The standard InChI is InChI=1S/C23H17ClN4O4S/c24-17-9-11-18(12-10-17)33(31,32)28-21-8-4-2-6-19(21)23(30)27-25-14-16-13-15-5-1-3-7-20(15)26-22(16)29/h1-14,28H,(H,26,29)(H,27,30)/b25-14+. The number of aromatic nitrogens is 1. The zero-order valence-electron chi connectivity index (χ0n) is 16.9. The molecule has 10 heteroatoms. The number of rotatable bonds is 6. The number of H-pyrrole nitrogens is 1. The molecule has 1 heterocycles. The summed E-state index contributed by atoms with van der Waals surface area (Å²) in [5.74, 6) is -0.655. The summed E-state index contributed by atoms with van der Waals surface area (Å²) in [4.78, 5) is 27.6. The van der Waals surface area contributed by atoms with Gasteiger partial charge in [0.25, 0.3) is 21.5 Å². The molecule has 33 heavy (non-hydrogen) atoms. The molecule has 0 spiro atoms. The van der Waals surface area contributed by atoms with Crippen LogP contribution in [0.2, 0.25) is 5.02 Å². The van der Waals surface area contributed by atoms with Crippen molar-refractivity contribution < 1.29 is 13.2 Å². The van der Waals surface area contributed by atoms with E-state index in [1.807, 2.05) is 18.2 Å². The molecule has 166 valence electrons. The van der Waals surface area contributed by atoms with Crippen molar-refractivity contribution in [2.45, 2.75) is 4.90 Å². The van der Waals surface area contributed by atoms with Crippen LogP contribution in [0.15, 0.2) is 93.7 Å². The van der Waals surface area contributed by atoms with Gasteiger partial charge in [-0.15, -0.1) is 0 Å². The van der Waals surface area contributed by atoms with Gasteiger partial charge in [0, 0.05) is 10.5 Å². The van der Waals surface area contributed by atoms with Crippen molar-refractivity contribution in [1.29, 1.82) is 0 Å². The van der Waals surface area contributed by atoms with E-state index in [4.69, 9.17) is 11.6 Å². The monoisotopic (exact) mass is 480 g/mol. The van der Waals surface area contributed by atoms with Crippen molar-refractivity contribution in [2.75, 3.05) is 4.72 Å². The lowest BCUT2D eigenvalue weighted by atomic mass is 10.2. The number of hydrogen-bond acceptors (Lipinski definition) is 5. The maximum atomic E-state index is 12.7. The number of pyridine rings is 1. The molecule has 0 aliphatic heterocycles. The number of fused-ring (bicyclic) bond motifs is 1. The number of para-hydroxylation sites is 2. The number of nitrogens with one attached hydrogen (secondary N) is 3. The van der Waals surface area contributed by atoms with E-state index in [2.05, 4.69) is 20.2 Å². The van der Waals surface area contributed by atoms with Crippen molar-refractivity contribution in [3.8, 4) is 0 Å². The van der Waals surface area contributed by atoms with Crippen molar-refractivity contribution in [2.24, 2.45) is 5.10 Å². The van der Waals surface area contributed by atoms with Gasteiger partial charge in [0.2, 0.25) is 0 Å². The van der Waals surface area contributed by atoms with Crippen LogP contribution in [0.1, 0.15) is 15.9 Å². The Kier molecular flexibility index (Phi) is 6.25. The van der Waals surface area contributed by atoms with Crippen molar-refractivity contribution in [3.63, 3.8) is 0 Å². The molecule has 0 radical (unpaired) electrons. The maximum Gasteiger partial charge on any atom is 0.273 e. The van der Waals surface area contributed by atoms with E-state index in [1.165, 1.54) is 42.6 Å². The number of benzene rings is 3. The maximum absolute atomic E-state index is 12.7. The molecule has 0 saturated heterocycles. The molecule has 0 saturated carbocycles. The van der Waals surface area contributed by atoms with Crippen LogP contribution < -0.4 is 15.7 Å². The van der Waals surface area contributed by atoms with Crippen LogP contribution in [-0.2, 0) is 10.0 Å². The summed E-state index contributed by atoms with van der Waals surface area (Å²) in [6.45, 7) is 0. The molecule has 1 amide bonds. The van der Waals surface area contributed by atoms with Gasteiger partial charge in [-0.05, 0) is 53.9 Å². The van der Waals surface area contributed by atoms with E-state index >= 15 is 0 Å². The molecule has 1 aromatic heterocycles. The predicted octanol–water partition coefficient (Wildman–Crippen LogP) is 3.75. The van der Waals surface area contributed by atoms with E-state index in [0.29, 0.717) is 10.5 Å². The third-order valence-corrected chi connectivity index (χ3v) is 6.33. The summed E-state index contributed by atoms with van der Waals surface area (Å²) < 4.78 is 27.8. The van der Waals surface area contributed by atoms with Crippen LogP contribution >= 0.6 is 11.6 Å². The van der Waals surface area contributed by atoms with E-state index in [-0.39, 0.29) is 27.3 Å². The Morgan fingerprint density at radius 1 is 0.970 bits per heavy atom. The SMILES string of the molecule is O=C(N/N=C/c1cc2ccccc2[nH]c1=O)c1ccccc1NS(=O)(=O)c1ccc(Cl)cc1. The zero-order valence-corrected chi connectivity index (χ0v) is 18.5. The summed E-state index contributed by atoms with van der Waals surface area (Å²) >= 11 is 5.82. The minimum absolute atomic E-state index is 0.00402. The second-order valence-corrected chi connectivity index (χ2v) is 9.06. The minimum atomic E-state index is -3.95. The molecule has 8 nitrogen and oxygen atoms in total. The van der Waals surface area contributed by atoms with Gasteiger partial charge in [-0.25, -0.2) is 13.8 Å². The average Bonchev–Trinajstić information content (AvgIpc) is 2.79. The molecule has 4 aromatic rings. The number of anilines is 1. The number of sulfonamides is 1. The quantitative estimate of drug-likeness (QED) is 0.287. The van der Waals surface area contributed by atoms with Crippen molar-refractivity contribution in [3.05, 3.63) is 105 Å². The van der Waals surface area contributed by atoms with Crippen LogP contribution in [-0.4, -0.2) is 25.5 Å². The number of nitrogens with zero attached hydrogens (tertiary/aromatic N) is 1. The molecule has 4 rings (SSSR count). The summed E-state index contributed by atoms with van der Waals surface area (Å²) in [6, 6.07) is 20.6. The number of carbonyl (C=O) groups excluding carboxylic acids is 1. The highest BCUT2D eigenvalue weighted by Gasteiger charge is 2.18. The Bertz CT molecular complexity index is 1530. The first-order chi connectivity index (χ1) is 15.8. The molecule has 3 aromatic carbocycles. The van der Waals surface area contributed by atoms with Gasteiger partial charge < -0.3 is 4.98 Å². The lowest BCUT2D eigenvalue weighted by Gasteiger charge is -2.11. The number of carbonyl (C=O) groups is 1. The molecule has 0 atom stereocenters. The lowest BCUT2D eigenvalue weighted by molar-refractivity contribution is 0.0956. The molecule has 0 aliphatic carbocycles. The predicted molar refractivity (Wildman–Crippen MR) is 128 cm³/mol. The first-order valence-corrected chi connectivity index (χ1v) is 11.5. The van der Waals surface area contributed by atoms with Crippen molar-refractivity contribution >= 4 is 50.3 Å². The second-order valence-electron chi connectivity index (χ2n) is 6.95. The van der Waals surface area contributed by atoms with Crippen LogP contribution in [0.5, 0.6) is 0 Å². The van der Waals surface area contributed by atoms with Crippen LogP contribution in [0, 0.1) is 0 Å². The highest BCUT2D eigenvalue weighted by molar-refractivity contribution is 7.92. The normalized spacial score (nSPS) is 11.5. The van der Waals surface area contributed by atoms with E-state index in [1.54, 1.807) is 24.3 Å². The Balaban J connectivity index is 1.53. The van der Waals surface area contributed by atoms with Crippen LogP contribution in [0.3, 0.4) is 0 Å². The topological polar surface area (TPSA) is 120 Å². The van der Waals surface area contributed by atoms with Crippen LogP contribution in [0.25, 0.3) is 10.9 Å². The average molecular weight is 481 g/mol. The molecule has 0 aliphatic rings. The summed E-state index contributed by atoms with van der Waals surface area (Å²) in [5.41, 5.74) is 3.03. The first-order valence-electron chi connectivity index (χ1n) is 9.66. The van der Waals surface area contributed by atoms with Gasteiger partial charge in [-0.3, -0.25) is 14.3 Å². The van der Waals surface area contributed by atoms with E-state index in [9.17, 15) is 18.0 Å². The van der Waals surface area contributed by atoms with Gasteiger partial charge in [-0.2, -0.15) is 5.10 Å². The lowest BCUT2D eigenvalue weighted by Crippen LogP contribution is -2.22. The fraction of sp³-hybridized carbons (Fsp3) is 0. The molecule has 0 bridgehead atoms. The highest BCUT2D eigenvalue weighted by atomic mass is 35.5. The zero-order chi connectivity index (χ0) is 23.4. The fourth-order valence-electron chi connectivity index (χ4n) is 3.07. The van der Waals surface area contributed by atoms with Gasteiger partial charge in [0.15, 0.2) is 0 Å². The van der Waals surface area contributed by atoms with Gasteiger partial charge in [0.1, 0.15) is 0 Å². The summed E-state index contributed by atoms with van der Waals surface area (Å²) in [6.07, 6.45) is 1.23. The van der Waals surface area contributed by atoms with Gasteiger partial charge >= 0.3 is 0 Å². The Morgan fingerprint density at radius 3 is 2.45 bits per heavy atom. The van der Waals surface area contributed by atoms with Gasteiger partial charge in [0.05, 0.1) is 27.9 Å². The number of hydrazone groups is 1. The first kappa shape index (κ1) is 22.3. The highest BCUT2D eigenvalue weighted by Crippen LogP contribution is 2.21. The summed E-state index contributed by atoms with van der Waals surface area (Å²) in [5, 5.41) is 5.07. The molecular weight excluding hydrogens is 464 g/mol. The Labute approximate surface area is 194 Å². The second kappa shape index (κ2) is 9.27. The fourth-order valence-corrected chi connectivity index (χ4v) is 4.27. The van der Waals surface area contributed by atoms with E-state index < -0.39 is 15.9 Å². The smallest absolute Gasteiger partial charge is 0.273 e. The van der Waals surface area contributed by atoms with Crippen LogP contribution in [0.4, 0.5) is 5.69 Å². The number of amides is 1. The van der Waals surface area contributed by atoms with Gasteiger partial charge in [-0.1, -0.05) is 41.9 Å². The molecular formula is C23H17ClN4O4S. The number of hydrogen-bond donors (Lipinski definition) is 3. The number of aromatic amines is 1. The largest absolute Gasteiger partial charge is 0.321 e. The van der Waals surface area contributed by atoms with Crippen molar-refractivity contribution in [1.82, 2.24) is 10.4 Å². The Hall–Kier alpha value is -3.95. The minimum Gasteiger partial charge on any atom is -0.321 e. The molecule has 0 unspecified atom stereocenters. The Morgan fingerprint density at radius 2 is 1.67 bits per heavy atom.